The number of rotatable bonds is 5. The zero-order valence-corrected chi connectivity index (χ0v) is 15.4. The topological polar surface area (TPSA) is 94.4 Å². The third-order valence-corrected chi connectivity index (χ3v) is 4.92. The average molecular weight is 422 g/mol. The summed E-state index contributed by atoms with van der Waals surface area (Å²) in [5.41, 5.74) is 0.754. The maximum absolute atomic E-state index is 12.4. The van der Waals surface area contributed by atoms with Gasteiger partial charge in [-0.2, -0.15) is 0 Å². The summed E-state index contributed by atoms with van der Waals surface area (Å²) >= 11 is 4.54. The van der Waals surface area contributed by atoms with E-state index in [-0.39, 0.29) is 11.3 Å². The second-order valence-electron chi connectivity index (χ2n) is 4.96. The van der Waals surface area contributed by atoms with Crippen molar-refractivity contribution < 1.29 is 14.5 Å². The highest BCUT2D eigenvalue weighted by atomic mass is 79.9. The summed E-state index contributed by atoms with van der Waals surface area (Å²) in [6.07, 6.45) is 0. The van der Waals surface area contributed by atoms with Crippen molar-refractivity contribution in [2.75, 3.05) is 11.9 Å². The minimum absolute atomic E-state index is 0.154. The van der Waals surface area contributed by atoms with Gasteiger partial charge in [0.1, 0.15) is 5.75 Å². The minimum Gasteiger partial charge on any atom is -0.494 e. The Morgan fingerprint density at radius 1 is 1.36 bits per heavy atom. The molecule has 0 bridgehead atoms. The number of carbonyl (C=O) groups excluding carboxylic acids is 1. The fourth-order valence-electron chi connectivity index (χ4n) is 2.18. The second-order valence-corrected chi connectivity index (χ2v) is 6.84. The summed E-state index contributed by atoms with van der Waals surface area (Å²) in [4.78, 5) is 27.1. The van der Waals surface area contributed by atoms with Crippen LogP contribution in [0.15, 0.2) is 40.9 Å². The van der Waals surface area contributed by atoms with Crippen LogP contribution in [-0.2, 0) is 0 Å². The first-order valence-electron chi connectivity index (χ1n) is 7.26. The van der Waals surface area contributed by atoms with Crippen LogP contribution in [0.1, 0.15) is 17.3 Å². The Labute approximate surface area is 154 Å². The van der Waals surface area contributed by atoms with Crippen LogP contribution >= 0.6 is 27.3 Å². The van der Waals surface area contributed by atoms with Crippen LogP contribution < -0.4 is 10.1 Å². The van der Waals surface area contributed by atoms with E-state index in [0.29, 0.717) is 16.2 Å². The van der Waals surface area contributed by atoms with Gasteiger partial charge in [0.15, 0.2) is 5.13 Å². The third kappa shape index (κ3) is 3.77. The standard InChI is InChI=1S/C16H12BrN3O4S/c1-2-24-10-4-6-13-14(8-10)25-16(18-13)19-15(21)11-7-9(20(22)23)3-5-12(11)17/h3-8H,2H2,1H3,(H,18,19,21). The Bertz CT molecular complexity index is 973. The number of nitro benzene ring substituents is 1. The van der Waals surface area contributed by atoms with Crippen LogP contribution in [0, 0.1) is 10.1 Å². The summed E-state index contributed by atoms with van der Waals surface area (Å²) in [6, 6.07) is 9.51. The molecular formula is C16H12BrN3O4S. The first kappa shape index (κ1) is 17.3. The lowest BCUT2D eigenvalue weighted by Gasteiger charge is -2.04. The van der Waals surface area contributed by atoms with Crippen molar-refractivity contribution in [3.05, 3.63) is 56.5 Å². The molecule has 0 aliphatic carbocycles. The van der Waals surface area contributed by atoms with Crippen molar-refractivity contribution >= 4 is 54.2 Å². The third-order valence-electron chi connectivity index (χ3n) is 3.30. The Morgan fingerprint density at radius 2 is 2.16 bits per heavy atom. The molecule has 1 heterocycles. The van der Waals surface area contributed by atoms with Gasteiger partial charge in [0.05, 0.1) is 27.3 Å². The maximum Gasteiger partial charge on any atom is 0.270 e. The lowest BCUT2D eigenvalue weighted by molar-refractivity contribution is -0.384. The van der Waals surface area contributed by atoms with E-state index in [4.69, 9.17) is 4.74 Å². The smallest absolute Gasteiger partial charge is 0.270 e. The van der Waals surface area contributed by atoms with E-state index < -0.39 is 10.8 Å². The summed E-state index contributed by atoms with van der Waals surface area (Å²) < 4.78 is 6.79. The molecule has 0 radical (unpaired) electrons. The predicted octanol–water partition coefficient (Wildman–Crippen LogP) is 4.62. The number of non-ortho nitro benzene ring substituents is 1. The van der Waals surface area contributed by atoms with Crippen molar-refractivity contribution in [2.24, 2.45) is 0 Å². The molecule has 7 nitrogen and oxygen atoms in total. The normalized spacial score (nSPS) is 10.6. The fraction of sp³-hybridized carbons (Fsp3) is 0.125. The molecule has 0 fully saturated rings. The van der Waals surface area contributed by atoms with Crippen molar-refractivity contribution in [1.82, 2.24) is 4.98 Å². The molecule has 0 atom stereocenters. The van der Waals surface area contributed by atoms with Gasteiger partial charge in [0.25, 0.3) is 11.6 Å². The second kappa shape index (κ2) is 7.16. The number of hydrogen-bond donors (Lipinski definition) is 1. The molecule has 25 heavy (non-hydrogen) atoms. The molecule has 0 spiro atoms. The number of benzene rings is 2. The molecule has 0 aliphatic rings. The first-order valence-corrected chi connectivity index (χ1v) is 8.87. The minimum atomic E-state index is -0.545. The number of fused-ring (bicyclic) bond motifs is 1. The lowest BCUT2D eigenvalue weighted by atomic mass is 10.2. The zero-order valence-electron chi connectivity index (χ0n) is 13.0. The van der Waals surface area contributed by atoms with Gasteiger partial charge in [-0.05, 0) is 47.1 Å². The van der Waals surface area contributed by atoms with Crippen LogP contribution in [0.5, 0.6) is 5.75 Å². The molecule has 0 unspecified atom stereocenters. The number of halogens is 1. The Balaban J connectivity index is 1.87. The zero-order chi connectivity index (χ0) is 18.0. The van der Waals surface area contributed by atoms with E-state index in [2.05, 4.69) is 26.2 Å². The molecule has 128 valence electrons. The number of carbonyl (C=O) groups is 1. The molecule has 0 aliphatic heterocycles. The van der Waals surface area contributed by atoms with Gasteiger partial charge in [0.2, 0.25) is 0 Å². The van der Waals surface area contributed by atoms with E-state index in [1.54, 1.807) is 0 Å². The van der Waals surface area contributed by atoms with Crippen LogP contribution in [-0.4, -0.2) is 22.4 Å². The van der Waals surface area contributed by atoms with E-state index >= 15 is 0 Å². The largest absolute Gasteiger partial charge is 0.494 e. The molecular weight excluding hydrogens is 410 g/mol. The van der Waals surface area contributed by atoms with E-state index in [1.807, 2.05) is 25.1 Å². The number of anilines is 1. The van der Waals surface area contributed by atoms with Crippen LogP contribution in [0.4, 0.5) is 10.8 Å². The van der Waals surface area contributed by atoms with Crippen molar-refractivity contribution in [1.29, 1.82) is 0 Å². The molecule has 0 saturated heterocycles. The number of nitrogens with one attached hydrogen (secondary N) is 1. The number of hydrogen-bond acceptors (Lipinski definition) is 6. The van der Waals surface area contributed by atoms with E-state index in [0.717, 1.165) is 16.0 Å². The molecule has 1 aromatic heterocycles. The number of thiazole rings is 1. The van der Waals surface area contributed by atoms with Crippen molar-refractivity contribution in [3.63, 3.8) is 0 Å². The van der Waals surface area contributed by atoms with Gasteiger partial charge in [-0.1, -0.05) is 11.3 Å². The molecule has 9 heteroatoms. The van der Waals surface area contributed by atoms with Crippen LogP contribution in [0.3, 0.4) is 0 Å². The maximum atomic E-state index is 12.4. The number of nitro groups is 1. The molecule has 3 rings (SSSR count). The van der Waals surface area contributed by atoms with Crippen LogP contribution in [0.25, 0.3) is 10.2 Å². The fourth-order valence-corrected chi connectivity index (χ4v) is 3.50. The van der Waals surface area contributed by atoms with Crippen LogP contribution in [0.2, 0.25) is 0 Å². The molecule has 1 amide bonds. The van der Waals surface area contributed by atoms with Gasteiger partial charge >= 0.3 is 0 Å². The molecule has 3 aromatic rings. The Hall–Kier alpha value is -2.52. The van der Waals surface area contributed by atoms with E-state index in [1.165, 1.54) is 29.5 Å². The number of nitrogens with zero attached hydrogens (tertiary/aromatic N) is 2. The summed E-state index contributed by atoms with van der Waals surface area (Å²) in [7, 11) is 0. The van der Waals surface area contributed by atoms with Gasteiger partial charge < -0.3 is 4.74 Å². The number of aromatic nitrogens is 1. The average Bonchev–Trinajstić information content (AvgIpc) is 2.96. The van der Waals surface area contributed by atoms with E-state index in [9.17, 15) is 14.9 Å². The predicted molar refractivity (Wildman–Crippen MR) is 99.5 cm³/mol. The highest BCUT2D eigenvalue weighted by molar-refractivity contribution is 9.10. The van der Waals surface area contributed by atoms with Gasteiger partial charge in [-0.15, -0.1) is 0 Å². The van der Waals surface area contributed by atoms with Crippen molar-refractivity contribution in [3.8, 4) is 5.75 Å². The quantitative estimate of drug-likeness (QED) is 0.478. The molecule has 0 saturated carbocycles. The summed E-state index contributed by atoms with van der Waals surface area (Å²) in [5.74, 6) is 0.262. The summed E-state index contributed by atoms with van der Waals surface area (Å²) in [6.45, 7) is 2.47. The summed E-state index contributed by atoms with van der Waals surface area (Å²) in [5, 5.41) is 14.0. The monoisotopic (exact) mass is 421 g/mol. The SMILES string of the molecule is CCOc1ccc2nc(NC(=O)c3cc([N+](=O)[O-])ccc3Br)sc2c1. The Morgan fingerprint density at radius 3 is 2.88 bits per heavy atom. The highest BCUT2D eigenvalue weighted by Gasteiger charge is 2.17. The number of ether oxygens (including phenoxy) is 1. The van der Waals surface area contributed by atoms with Crippen molar-refractivity contribution in [2.45, 2.75) is 6.92 Å². The molecule has 1 N–H and O–H groups in total. The molecule has 2 aromatic carbocycles. The highest BCUT2D eigenvalue weighted by Crippen LogP contribution is 2.30. The van der Waals surface area contributed by atoms with Gasteiger partial charge in [-0.3, -0.25) is 20.2 Å². The Kier molecular flexibility index (Phi) is 4.95. The van der Waals surface area contributed by atoms with Gasteiger partial charge in [0, 0.05) is 16.6 Å². The number of amides is 1. The lowest BCUT2D eigenvalue weighted by Crippen LogP contribution is -2.12. The first-order chi connectivity index (χ1) is 12.0. The van der Waals surface area contributed by atoms with Gasteiger partial charge in [-0.25, -0.2) is 4.98 Å².